The molecule has 0 spiro atoms. The molecule has 1 saturated heterocycles. The number of fused-ring (bicyclic) bond motifs is 1. The predicted molar refractivity (Wildman–Crippen MR) is 104 cm³/mol. The van der Waals surface area contributed by atoms with Crippen LogP contribution >= 0.6 is 0 Å². The molecule has 4 heteroatoms. The molecule has 1 aliphatic heterocycles. The number of rotatable bonds is 4. The van der Waals surface area contributed by atoms with Crippen molar-refractivity contribution in [2.24, 2.45) is 0 Å². The zero-order valence-electron chi connectivity index (χ0n) is 15.2. The van der Waals surface area contributed by atoms with Crippen molar-refractivity contribution in [1.82, 2.24) is 14.5 Å². The molecular weight excluding hydrogens is 308 g/mol. The second-order valence-corrected chi connectivity index (χ2v) is 6.86. The molecule has 4 nitrogen and oxygen atoms in total. The summed E-state index contributed by atoms with van der Waals surface area (Å²) in [7, 11) is 0. The van der Waals surface area contributed by atoms with E-state index in [0.717, 1.165) is 44.8 Å². The third-order valence-corrected chi connectivity index (χ3v) is 5.15. The number of nitrogens with zero attached hydrogens (tertiary/aromatic N) is 4. The van der Waals surface area contributed by atoms with E-state index in [1.807, 2.05) is 0 Å². The van der Waals surface area contributed by atoms with Gasteiger partial charge in [-0.15, -0.1) is 0 Å². The highest BCUT2D eigenvalue weighted by Gasteiger charge is 2.19. The number of piperazine rings is 1. The standard InChI is InChI=1S/C21H26N4/c1-3-25-20-10-5-4-9-19(20)22-21(25)16-23-11-13-24(14-12-23)18-8-6-7-17(2)15-18/h4-10,15H,3,11-14,16H2,1-2H3. The van der Waals surface area contributed by atoms with E-state index in [1.54, 1.807) is 0 Å². The van der Waals surface area contributed by atoms with Gasteiger partial charge in [-0.05, 0) is 43.7 Å². The minimum Gasteiger partial charge on any atom is -0.369 e. The van der Waals surface area contributed by atoms with Crippen LogP contribution in [0.25, 0.3) is 11.0 Å². The summed E-state index contributed by atoms with van der Waals surface area (Å²) in [6.45, 7) is 10.6. The zero-order valence-corrected chi connectivity index (χ0v) is 15.2. The fraction of sp³-hybridized carbons (Fsp3) is 0.381. The van der Waals surface area contributed by atoms with Crippen molar-refractivity contribution in [3.8, 4) is 0 Å². The molecule has 0 radical (unpaired) electrons. The summed E-state index contributed by atoms with van der Waals surface area (Å²) in [6.07, 6.45) is 0. The van der Waals surface area contributed by atoms with Crippen LogP contribution in [0.5, 0.6) is 0 Å². The van der Waals surface area contributed by atoms with Gasteiger partial charge in [-0.1, -0.05) is 24.3 Å². The van der Waals surface area contributed by atoms with Gasteiger partial charge in [0.05, 0.1) is 17.6 Å². The number of para-hydroxylation sites is 2. The molecule has 0 bridgehead atoms. The number of imidazole rings is 1. The maximum absolute atomic E-state index is 4.87. The molecule has 2 aromatic carbocycles. The number of aromatic nitrogens is 2. The molecule has 3 aromatic rings. The fourth-order valence-electron chi connectivity index (χ4n) is 3.79. The largest absolute Gasteiger partial charge is 0.369 e. The first-order chi connectivity index (χ1) is 12.2. The lowest BCUT2D eigenvalue weighted by atomic mass is 10.2. The molecule has 2 heterocycles. The van der Waals surface area contributed by atoms with Gasteiger partial charge in [0, 0.05) is 38.4 Å². The number of hydrogen-bond donors (Lipinski definition) is 0. The number of benzene rings is 2. The van der Waals surface area contributed by atoms with Crippen LogP contribution < -0.4 is 4.90 Å². The van der Waals surface area contributed by atoms with Crippen LogP contribution in [0.15, 0.2) is 48.5 Å². The van der Waals surface area contributed by atoms with Crippen LogP contribution in [0.4, 0.5) is 5.69 Å². The van der Waals surface area contributed by atoms with Crippen LogP contribution in [-0.2, 0) is 13.1 Å². The summed E-state index contributed by atoms with van der Waals surface area (Å²) in [6, 6.07) is 17.3. The van der Waals surface area contributed by atoms with Gasteiger partial charge >= 0.3 is 0 Å². The molecule has 0 saturated carbocycles. The molecule has 25 heavy (non-hydrogen) atoms. The number of anilines is 1. The molecule has 1 fully saturated rings. The van der Waals surface area contributed by atoms with Gasteiger partial charge in [-0.25, -0.2) is 4.98 Å². The molecular formula is C21H26N4. The molecule has 1 aliphatic rings. The molecule has 1 aromatic heterocycles. The molecule has 0 atom stereocenters. The minimum atomic E-state index is 0.935. The molecule has 0 amide bonds. The van der Waals surface area contributed by atoms with Crippen molar-refractivity contribution in [1.29, 1.82) is 0 Å². The summed E-state index contributed by atoms with van der Waals surface area (Å²) < 4.78 is 2.35. The van der Waals surface area contributed by atoms with E-state index in [4.69, 9.17) is 4.98 Å². The average Bonchev–Trinajstić information content (AvgIpc) is 2.99. The quantitative estimate of drug-likeness (QED) is 0.727. The summed E-state index contributed by atoms with van der Waals surface area (Å²) in [5, 5.41) is 0. The van der Waals surface area contributed by atoms with E-state index < -0.39 is 0 Å². The Morgan fingerprint density at radius 2 is 1.76 bits per heavy atom. The summed E-state index contributed by atoms with van der Waals surface area (Å²) in [4.78, 5) is 9.89. The molecule has 0 aliphatic carbocycles. The van der Waals surface area contributed by atoms with Gasteiger partial charge < -0.3 is 9.47 Å². The lowest BCUT2D eigenvalue weighted by molar-refractivity contribution is 0.241. The van der Waals surface area contributed by atoms with Gasteiger partial charge in [0.15, 0.2) is 0 Å². The Labute approximate surface area is 149 Å². The van der Waals surface area contributed by atoms with Crippen LogP contribution in [-0.4, -0.2) is 40.6 Å². The maximum atomic E-state index is 4.87. The normalized spacial score (nSPS) is 15.8. The SMILES string of the molecule is CCn1c(CN2CCN(c3cccc(C)c3)CC2)nc2ccccc21. The van der Waals surface area contributed by atoms with Crippen molar-refractivity contribution in [2.75, 3.05) is 31.1 Å². The van der Waals surface area contributed by atoms with Crippen LogP contribution in [0.1, 0.15) is 18.3 Å². The van der Waals surface area contributed by atoms with Crippen molar-refractivity contribution in [3.63, 3.8) is 0 Å². The van der Waals surface area contributed by atoms with E-state index in [-0.39, 0.29) is 0 Å². The first-order valence-corrected chi connectivity index (χ1v) is 9.22. The van der Waals surface area contributed by atoms with E-state index >= 15 is 0 Å². The van der Waals surface area contributed by atoms with E-state index in [1.165, 1.54) is 22.6 Å². The van der Waals surface area contributed by atoms with Crippen LogP contribution in [0.3, 0.4) is 0 Å². The number of aryl methyl sites for hydroxylation is 2. The Hall–Kier alpha value is -2.33. The first-order valence-electron chi connectivity index (χ1n) is 9.22. The van der Waals surface area contributed by atoms with Crippen molar-refractivity contribution in [3.05, 3.63) is 59.9 Å². The smallest absolute Gasteiger partial charge is 0.124 e. The third kappa shape index (κ3) is 3.27. The van der Waals surface area contributed by atoms with Gasteiger partial charge in [0.25, 0.3) is 0 Å². The molecule has 0 N–H and O–H groups in total. The lowest BCUT2D eigenvalue weighted by Gasteiger charge is -2.36. The van der Waals surface area contributed by atoms with Gasteiger partial charge in [-0.2, -0.15) is 0 Å². The maximum Gasteiger partial charge on any atom is 0.124 e. The Kier molecular flexibility index (Phi) is 4.45. The Balaban J connectivity index is 1.45. The van der Waals surface area contributed by atoms with E-state index in [9.17, 15) is 0 Å². The summed E-state index contributed by atoms with van der Waals surface area (Å²) in [5.41, 5.74) is 5.04. The van der Waals surface area contributed by atoms with Crippen LogP contribution in [0, 0.1) is 6.92 Å². The fourth-order valence-corrected chi connectivity index (χ4v) is 3.79. The highest BCUT2D eigenvalue weighted by atomic mass is 15.3. The van der Waals surface area contributed by atoms with Crippen molar-refractivity contribution >= 4 is 16.7 Å². The van der Waals surface area contributed by atoms with E-state index in [0.29, 0.717) is 0 Å². The third-order valence-electron chi connectivity index (χ3n) is 5.15. The lowest BCUT2D eigenvalue weighted by Crippen LogP contribution is -2.46. The van der Waals surface area contributed by atoms with Crippen molar-refractivity contribution in [2.45, 2.75) is 26.9 Å². The molecule has 4 rings (SSSR count). The molecule has 130 valence electrons. The highest BCUT2D eigenvalue weighted by Crippen LogP contribution is 2.20. The predicted octanol–water partition coefficient (Wildman–Crippen LogP) is 3.69. The highest BCUT2D eigenvalue weighted by molar-refractivity contribution is 5.75. The van der Waals surface area contributed by atoms with E-state index in [2.05, 4.69) is 76.7 Å². The Morgan fingerprint density at radius 1 is 0.960 bits per heavy atom. The zero-order chi connectivity index (χ0) is 17.2. The Bertz CT molecular complexity index is 859. The minimum absolute atomic E-state index is 0.935. The summed E-state index contributed by atoms with van der Waals surface area (Å²) in [5.74, 6) is 1.19. The second-order valence-electron chi connectivity index (χ2n) is 6.86. The van der Waals surface area contributed by atoms with Crippen LogP contribution in [0.2, 0.25) is 0 Å². The topological polar surface area (TPSA) is 24.3 Å². The average molecular weight is 334 g/mol. The van der Waals surface area contributed by atoms with Gasteiger partial charge in [0.1, 0.15) is 5.82 Å². The van der Waals surface area contributed by atoms with Gasteiger partial charge in [0.2, 0.25) is 0 Å². The monoisotopic (exact) mass is 334 g/mol. The summed E-state index contributed by atoms with van der Waals surface area (Å²) >= 11 is 0. The molecule has 0 unspecified atom stereocenters. The first kappa shape index (κ1) is 16.2. The number of hydrogen-bond acceptors (Lipinski definition) is 3. The van der Waals surface area contributed by atoms with Gasteiger partial charge in [-0.3, -0.25) is 4.90 Å². The van der Waals surface area contributed by atoms with Crippen molar-refractivity contribution < 1.29 is 0 Å². The second kappa shape index (κ2) is 6.89. The Morgan fingerprint density at radius 3 is 2.52 bits per heavy atom.